The molecular formula is C10H9N3O. The van der Waals surface area contributed by atoms with Crippen LogP contribution in [0, 0.1) is 0 Å². The second-order valence-electron chi connectivity index (χ2n) is 3.40. The minimum absolute atomic E-state index is 0.302. The van der Waals surface area contributed by atoms with E-state index in [0.717, 1.165) is 11.4 Å². The van der Waals surface area contributed by atoms with Crippen LogP contribution in [0.3, 0.4) is 0 Å². The lowest BCUT2D eigenvalue weighted by molar-refractivity contribution is -0.111. The predicted molar refractivity (Wildman–Crippen MR) is 53.5 cm³/mol. The highest BCUT2D eigenvalue weighted by molar-refractivity contribution is 6.10. The van der Waals surface area contributed by atoms with E-state index >= 15 is 0 Å². The van der Waals surface area contributed by atoms with Gasteiger partial charge in [0.1, 0.15) is 12.2 Å². The topological polar surface area (TPSA) is 48.2 Å². The highest BCUT2D eigenvalue weighted by atomic mass is 16.5. The number of rotatable bonds is 0. The fraction of sp³-hybridized carbons (Fsp3) is 0.200. The van der Waals surface area contributed by atoms with Gasteiger partial charge in [-0.1, -0.05) is 6.08 Å². The van der Waals surface area contributed by atoms with Crippen molar-refractivity contribution in [3.8, 4) is 0 Å². The third-order valence-electron chi connectivity index (χ3n) is 2.71. The van der Waals surface area contributed by atoms with Gasteiger partial charge in [-0.2, -0.15) is 0 Å². The Balaban J connectivity index is 2.24. The Bertz CT molecular complexity index is 431. The second-order valence-corrected chi connectivity index (χ2v) is 3.40. The normalized spacial score (nSPS) is 33.8. The Morgan fingerprint density at radius 1 is 1.43 bits per heavy atom. The highest BCUT2D eigenvalue weighted by Gasteiger charge is 2.47. The van der Waals surface area contributed by atoms with E-state index in [9.17, 15) is 5.21 Å². The van der Waals surface area contributed by atoms with Gasteiger partial charge in [0.05, 0.1) is 11.4 Å². The lowest BCUT2D eigenvalue weighted by Gasteiger charge is -2.34. The third-order valence-corrected chi connectivity index (χ3v) is 2.71. The highest BCUT2D eigenvalue weighted by Crippen LogP contribution is 2.36. The van der Waals surface area contributed by atoms with Crippen LogP contribution in [0.5, 0.6) is 0 Å². The zero-order chi connectivity index (χ0) is 9.60. The molecule has 1 spiro atoms. The summed E-state index contributed by atoms with van der Waals surface area (Å²) in [6.45, 7) is 0.302. The molecule has 0 saturated heterocycles. The number of nitrogens with zero attached hydrogens (tertiary/aromatic N) is 3. The van der Waals surface area contributed by atoms with Crippen molar-refractivity contribution in [2.24, 2.45) is 9.98 Å². The first-order chi connectivity index (χ1) is 6.84. The van der Waals surface area contributed by atoms with E-state index in [2.05, 4.69) is 9.98 Å². The van der Waals surface area contributed by atoms with Crippen LogP contribution in [0.2, 0.25) is 0 Å². The molecule has 1 unspecified atom stereocenters. The van der Waals surface area contributed by atoms with Crippen LogP contribution in [0.4, 0.5) is 0 Å². The third kappa shape index (κ3) is 0.748. The van der Waals surface area contributed by atoms with Crippen LogP contribution in [-0.4, -0.2) is 34.4 Å². The van der Waals surface area contributed by atoms with Gasteiger partial charge in [0.2, 0.25) is 0 Å². The van der Waals surface area contributed by atoms with E-state index in [1.165, 1.54) is 5.06 Å². The summed E-state index contributed by atoms with van der Waals surface area (Å²) < 4.78 is 0. The van der Waals surface area contributed by atoms with Gasteiger partial charge in [-0.15, -0.1) is 5.06 Å². The van der Waals surface area contributed by atoms with Gasteiger partial charge in [0.15, 0.2) is 0 Å². The van der Waals surface area contributed by atoms with Crippen LogP contribution in [0.25, 0.3) is 0 Å². The van der Waals surface area contributed by atoms with Crippen molar-refractivity contribution in [3.05, 3.63) is 36.1 Å². The van der Waals surface area contributed by atoms with Gasteiger partial charge in [-0.05, 0) is 24.3 Å². The molecule has 0 saturated carbocycles. The molecule has 3 aliphatic rings. The minimum Gasteiger partial charge on any atom is -0.311 e. The summed E-state index contributed by atoms with van der Waals surface area (Å²) in [7, 11) is 0. The summed E-state index contributed by atoms with van der Waals surface area (Å²) >= 11 is 0. The number of allylic oxidation sites excluding steroid dienone is 3. The maximum absolute atomic E-state index is 9.83. The van der Waals surface area contributed by atoms with Crippen LogP contribution in [0.15, 0.2) is 46.1 Å². The molecule has 0 fully saturated rings. The van der Waals surface area contributed by atoms with Gasteiger partial charge in [0, 0.05) is 6.21 Å². The van der Waals surface area contributed by atoms with Crippen molar-refractivity contribution in [3.63, 3.8) is 0 Å². The summed E-state index contributed by atoms with van der Waals surface area (Å²) in [5.74, 6) is 0. The van der Waals surface area contributed by atoms with Crippen LogP contribution < -0.4 is 0 Å². The first kappa shape index (κ1) is 7.84. The van der Waals surface area contributed by atoms with Gasteiger partial charge in [-0.3, -0.25) is 9.98 Å². The average molecular weight is 187 g/mol. The number of dihydropyridines is 1. The Morgan fingerprint density at radius 3 is 3.29 bits per heavy atom. The van der Waals surface area contributed by atoms with Gasteiger partial charge >= 0.3 is 0 Å². The zero-order valence-corrected chi connectivity index (χ0v) is 7.46. The van der Waals surface area contributed by atoms with E-state index in [-0.39, 0.29) is 0 Å². The SMILES string of the molecule is ON1CN=C2C=CC=C3N=CC=CC321. The number of hydroxylamine groups is 2. The Labute approximate surface area is 81.2 Å². The smallest absolute Gasteiger partial charge is 0.150 e. The van der Waals surface area contributed by atoms with Crippen molar-refractivity contribution < 1.29 is 5.21 Å². The molecule has 1 N–H and O–H groups in total. The van der Waals surface area contributed by atoms with Crippen LogP contribution in [-0.2, 0) is 0 Å². The lowest BCUT2D eigenvalue weighted by atomic mass is 9.85. The first-order valence-corrected chi connectivity index (χ1v) is 4.46. The van der Waals surface area contributed by atoms with Gasteiger partial charge in [0.25, 0.3) is 0 Å². The molecule has 0 aromatic carbocycles. The maximum atomic E-state index is 9.83. The monoisotopic (exact) mass is 187 g/mol. The number of hydrogen-bond acceptors (Lipinski definition) is 4. The second kappa shape index (κ2) is 2.50. The molecule has 2 heterocycles. The molecule has 0 aromatic heterocycles. The Kier molecular flexibility index (Phi) is 1.40. The fourth-order valence-electron chi connectivity index (χ4n) is 2.01. The number of aliphatic imine (C=N–C) groups is 2. The number of hydrogen-bond donors (Lipinski definition) is 1. The van der Waals surface area contributed by atoms with Crippen molar-refractivity contribution in [2.45, 2.75) is 5.54 Å². The molecule has 0 amide bonds. The molecule has 1 aliphatic carbocycles. The van der Waals surface area contributed by atoms with Crippen molar-refractivity contribution in [1.29, 1.82) is 0 Å². The molecular weight excluding hydrogens is 178 g/mol. The minimum atomic E-state index is -0.622. The summed E-state index contributed by atoms with van der Waals surface area (Å²) in [5, 5.41) is 11.0. The molecule has 1 atom stereocenters. The van der Waals surface area contributed by atoms with Crippen molar-refractivity contribution in [1.82, 2.24) is 5.06 Å². The molecule has 0 radical (unpaired) electrons. The molecule has 0 aromatic rings. The predicted octanol–water partition coefficient (Wildman–Crippen LogP) is 0.923. The molecule has 14 heavy (non-hydrogen) atoms. The average Bonchev–Trinajstić information content (AvgIpc) is 2.55. The summed E-state index contributed by atoms with van der Waals surface area (Å²) in [6.07, 6.45) is 11.2. The quantitative estimate of drug-likeness (QED) is 0.613. The molecule has 4 heteroatoms. The maximum Gasteiger partial charge on any atom is 0.150 e. The van der Waals surface area contributed by atoms with E-state index < -0.39 is 5.54 Å². The molecule has 2 aliphatic heterocycles. The van der Waals surface area contributed by atoms with E-state index in [1.807, 2.05) is 30.4 Å². The van der Waals surface area contributed by atoms with E-state index in [1.54, 1.807) is 6.21 Å². The fourth-order valence-corrected chi connectivity index (χ4v) is 2.01. The Morgan fingerprint density at radius 2 is 2.36 bits per heavy atom. The summed E-state index contributed by atoms with van der Waals surface area (Å²) in [5.41, 5.74) is 1.05. The molecule has 3 rings (SSSR count). The lowest BCUT2D eigenvalue weighted by Crippen LogP contribution is -2.49. The van der Waals surface area contributed by atoms with E-state index in [0.29, 0.717) is 6.67 Å². The zero-order valence-electron chi connectivity index (χ0n) is 7.46. The first-order valence-electron chi connectivity index (χ1n) is 4.46. The van der Waals surface area contributed by atoms with Gasteiger partial charge < -0.3 is 5.21 Å². The Hall–Kier alpha value is -1.52. The van der Waals surface area contributed by atoms with Crippen molar-refractivity contribution >= 4 is 11.9 Å². The largest absolute Gasteiger partial charge is 0.311 e. The van der Waals surface area contributed by atoms with Crippen LogP contribution >= 0.6 is 0 Å². The summed E-state index contributed by atoms with van der Waals surface area (Å²) in [6, 6.07) is 0. The van der Waals surface area contributed by atoms with E-state index in [4.69, 9.17) is 0 Å². The van der Waals surface area contributed by atoms with Gasteiger partial charge in [-0.25, -0.2) is 0 Å². The van der Waals surface area contributed by atoms with Crippen molar-refractivity contribution in [2.75, 3.05) is 6.67 Å². The molecule has 70 valence electrons. The molecule has 4 nitrogen and oxygen atoms in total. The van der Waals surface area contributed by atoms with Crippen LogP contribution in [0.1, 0.15) is 0 Å². The summed E-state index contributed by atoms with van der Waals surface area (Å²) in [4.78, 5) is 8.50. The molecule has 0 bridgehead atoms. The standard InChI is InChI=1S/C10H9N3O/c14-13-7-12-9-4-1-3-8-10(9,13)5-2-6-11-8/h1-6,14H,7H2.